The lowest BCUT2D eigenvalue weighted by atomic mass is 10.0. The largest absolute Gasteiger partial charge is 0.496 e. The fraction of sp³-hybridized carbons (Fsp3) is 0.400. The molecule has 0 saturated heterocycles. The molecule has 3 rings (SSSR count). The molecule has 1 N–H and O–H groups in total. The molecule has 1 unspecified atom stereocenters. The minimum Gasteiger partial charge on any atom is -0.496 e. The van der Waals surface area contributed by atoms with Gasteiger partial charge in [-0.3, -0.25) is 0 Å². The van der Waals surface area contributed by atoms with E-state index in [4.69, 9.17) is 4.74 Å². The Hall–Kier alpha value is -1.85. The molecular formula is C20H25NO3S. The van der Waals surface area contributed by atoms with Gasteiger partial charge in [0.1, 0.15) is 5.75 Å². The van der Waals surface area contributed by atoms with E-state index in [2.05, 4.69) is 16.9 Å². The molecule has 0 radical (unpaired) electrons. The van der Waals surface area contributed by atoms with Gasteiger partial charge < -0.3 is 4.74 Å². The topological polar surface area (TPSA) is 55.4 Å². The molecule has 0 saturated carbocycles. The van der Waals surface area contributed by atoms with E-state index in [0.29, 0.717) is 16.2 Å². The predicted molar refractivity (Wildman–Crippen MR) is 99.7 cm³/mol. The Bertz CT molecular complexity index is 903. The number of aryl methyl sites for hydroxylation is 4. The highest BCUT2D eigenvalue weighted by atomic mass is 32.2. The second-order valence-electron chi connectivity index (χ2n) is 6.81. The van der Waals surface area contributed by atoms with Crippen LogP contribution in [-0.4, -0.2) is 15.5 Å². The summed E-state index contributed by atoms with van der Waals surface area (Å²) < 4.78 is 33.8. The number of ether oxygens (including phenoxy) is 1. The summed E-state index contributed by atoms with van der Waals surface area (Å²) >= 11 is 0. The minimum absolute atomic E-state index is 0.280. The van der Waals surface area contributed by atoms with Crippen molar-refractivity contribution in [3.8, 4) is 5.75 Å². The first-order valence-corrected chi connectivity index (χ1v) is 10.1. The summed E-state index contributed by atoms with van der Waals surface area (Å²) in [6, 6.07) is 9.46. The van der Waals surface area contributed by atoms with E-state index in [1.54, 1.807) is 26.2 Å². The van der Waals surface area contributed by atoms with Gasteiger partial charge in [0.25, 0.3) is 0 Å². The Labute approximate surface area is 150 Å². The van der Waals surface area contributed by atoms with Gasteiger partial charge in [-0.25, -0.2) is 13.1 Å². The first kappa shape index (κ1) is 18.0. The molecule has 1 aliphatic carbocycles. The van der Waals surface area contributed by atoms with Crippen LogP contribution in [0.1, 0.15) is 47.2 Å². The summed E-state index contributed by atoms with van der Waals surface area (Å²) in [5.74, 6) is 0.697. The summed E-state index contributed by atoms with van der Waals surface area (Å²) in [6.45, 7) is 5.53. The molecule has 1 atom stereocenters. The van der Waals surface area contributed by atoms with Crippen LogP contribution in [0.2, 0.25) is 0 Å². The van der Waals surface area contributed by atoms with Gasteiger partial charge in [-0.15, -0.1) is 0 Å². The zero-order valence-corrected chi connectivity index (χ0v) is 16.0. The third-order valence-corrected chi connectivity index (χ3v) is 6.62. The highest BCUT2D eigenvalue weighted by molar-refractivity contribution is 7.89. The Morgan fingerprint density at radius 2 is 1.76 bits per heavy atom. The van der Waals surface area contributed by atoms with Crippen LogP contribution >= 0.6 is 0 Å². The Morgan fingerprint density at radius 3 is 2.48 bits per heavy atom. The molecule has 0 amide bonds. The van der Waals surface area contributed by atoms with E-state index in [1.807, 2.05) is 19.9 Å². The van der Waals surface area contributed by atoms with Crippen molar-refractivity contribution in [1.29, 1.82) is 0 Å². The average Bonchev–Trinajstić information content (AvgIpc) is 3.03. The van der Waals surface area contributed by atoms with Crippen LogP contribution < -0.4 is 9.46 Å². The molecule has 0 bridgehead atoms. The smallest absolute Gasteiger partial charge is 0.241 e. The van der Waals surface area contributed by atoms with Crippen molar-refractivity contribution in [2.24, 2.45) is 0 Å². The van der Waals surface area contributed by atoms with Gasteiger partial charge >= 0.3 is 0 Å². The fourth-order valence-corrected chi connectivity index (χ4v) is 5.04. The van der Waals surface area contributed by atoms with Crippen molar-refractivity contribution in [2.75, 3.05) is 7.11 Å². The number of benzene rings is 2. The van der Waals surface area contributed by atoms with Gasteiger partial charge in [0.15, 0.2) is 0 Å². The van der Waals surface area contributed by atoms with Crippen molar-refractivity contribution < 1.29 is 13.2 Å². The molecule has 0 spiro atoms. The SMILES string of the molecule is COc1cc(C)c(S(=O)(=O)NC(C)c2ccc3c(c2)CCC3)cc1C. The third kappa shape index (κ3) is 3.58. The number of fused-ring (bicyclic) bond motifs is 1. The summed E-state index contributed by atoms with van der Waals surface area (Å²) in [5.41, 5.74) is 5.22. The van der Waals surface area contributed by atoms with E-state index >= 15 is 0 Å². The second-order valence-corrected chi connectivity index (χ2v) is 8.49. The molecule has 0 fully saturated rings. The summed E-state index contributed by atoms with van der Waals surface area (Å²) in [7, 11) is -2.02. The highest BCUT2D eigenvalue weighted by Crippen LogP contribution is 2.28. The predicted octanol–water partition coefficient (Wildman–Crippen LogP) is 3.84. The van der Waals surface area contributed by atoms with Crippen molar-refractivity contribution in [1.82, 2.24) is 4.72 Å². The number of sulfonamides is 1. The number of hydrogen-bond acceptors (Lipinski definition) is 3. The van der Waals surface area contributed by atoms with Gasteiger partial charge in [-0.05, 0) is 80.0 Å². The number of rotatable bonds is 5. The molecule has 0 aromatic heterocycles. The first-order chi connectivity index (χ1) is 11.8. The van der Waals surface area contributed by atoms with E-state index in [-0.39, 0.29) is 6.04 Å². The zero-order valence-electron chi connectivity index (χ0n) is 15.2. The Balaban J connectivity index is 1.87. The van der Waals surface area contributed by atoms with Crippen LogP contribution in [0.15, 0.2) is 35.2 Å². The Kier molecular flexibility index (Phi) is 4.89. The maximum Gasteiger partial charge on any atom is 0.241 e. The van der Waals surface area contributed by atoms with Crippen LogP contribution in [0.4, 0.5) is 0 Å². The maximum atomic E-state index is 12.9. The lowest BCUT2D eigenvalue weighted by Gasteiger charge is -2.18. The van der Waals surface area contributed by atoms with Gasteiger partial charge in [0.2, 0.25) is 10.0 Å². The molecule has 4 nitrogen and oxygen atoms in total. The number of methoxy groups -OCH3 is 1. The highest BCUT2D eigenvalue weighted by Gasteiger charge is 2.22. The average molecular weight is 359 g/mol. The fourth-order valence-electron chi connectivity index (χ4n) is 3.50. The van der Waals surface area contributed by atoms with E-state index in [1.165, 1.54) is 17.5 Å². The monoisotopic (exact) mass is 359 g/mol. The first-order valence-electron chi connectivity index (χ1n) is 8.61. The van der Waals surface area contributed by atoms with Gasteiger partial charge in [0, 0.05) is 6.04 Å². The zero-order chi connectivity index (χ0) is 18.2. The van der Waals surface area contributed by atoms with Gasteiger partial charge in [-0.1, -0.05) is 18.2 Å². The lowest BCUT2D eigenvalue weighted by Crippen LogP contribution is -2.27. The third-order valence-electron chi connectivity index (χ3n) is 4.94. The van der Waals surface area contributed by atoms with Crippen LogP contribution in [-0.2, 0) is 22.9 Å². The van der Waals surface area contributed by atoms with E-state index < -0.39 is 10.0 Å². The molecule has 2 aromatic rings. The molecule has 0 aliphatic heterocycles. The van der Waals surface area contributed by atoms with Crippen LogP contribution in [0.5, 0.6) is 5.75 Å². The summed E-state index contributed by atoms with van der Waals surface area (Å²) in [6.07, 6.45) is 3.39. The van der Waals surface area contributed by atoms with Crippen molar-refractivity contribution in [3.63, 3.8) is 0 Å². The lowest BCUT2D eigenvalue weighted by molar-refractivity contribution is 0.411. The summed E-state index contributed by atoms with van der Waals surface area (Å²) in [5, 5.41) is 0. The maximum absolute atomic E-state index is 12.9. The van der Waals surface area contributed by atoms with Gasteiger partial charge in [0.05, 0.1) is 12.0 Å². The molecule has 0 heterocycles. The van der Waals surface area contributed by atoms with Gasteiger partial charge in [-0.2, -0.15) is 0 Å². The summed E-state index contributed by atoms with van der Waals surface area (Å²) in [4.78, 5) is 0.304. The van der Waals surface area contributed by atoms with E-state index in [9.17, 15) is 8.42 Å². The Morgan fingerprint density at radius 1 is 1.04 bits per heavy atom. The number of nitrogens with one attached hydrogen (secondary N) is 1. The molecule has 134 valence electrons. The normalized spacial score (nSPS) is 15.0. The second kappa shape index (κ2) is 6.81. The van der Waals surface area contributed by atoms with Crippen molar-refractivity contribution in [2.45, 2.75) is 51.0 Å². The minimum atomic E-state index is -3.61. The standard InChI is InChI=1S/C20H25NO3S/c1-13-11-20(14(2)10-19(13)24-4)25(22,23)21-15(3)17-9-8-16-6-5-7-18(16)12-17/h8-12,15,21H,5-7H2,1-4H3. The number of hydrogen-bond donors (Lipinski definition) is 1. The quantitative estimate of drug-likeness (QED) is 0.882. The molecule has 1 aliphatic rings. The van der Waals surface area contributed by atoms with E-state index in [0.717, 1.165) is 24.0 Å². The van der Waals surface area contributed by atoms with Crippen molar-refractivity contribution >= 4 is 10.0 Å². The van der Waals surface area contributed by atoms with Crippen LogP contribution in [0.3, 0.4) is 0 Å². The molecule has 25 heavy (non-hydrogen) atoms. The van der Waals surface area contributed by atoms with Crippen LogP contribution in [0.25, 0.3) is 0 Å². The molecule has 5 heteroatoms. The van der Waals surface area contributed by atoms with Crippen LogP contribution in [0, 0.1) is 13.8 Å². The molecular weight excluding hydrogens is 334 g/mol. The van der Waals surface area contributed by atoms with Crippen molar-refractivity contribution in [3.05, 3.63) is 58.1 Å². The molecule has 2 aromatic carbocycles.